The van der Waals surface area contributed by atoms with Crippen molar-refractivity contribution in [2.45, 2.75) is 18.0 Å². The second-order valence-corrected chi connectivity index (χ2v) is 2.62. The number of nitrogens with zero attached hydrogens (tertiary/aromatic N) is 3. The third kappa shape index (κ3) is 1.78. The highest BCUT2D eigenvalue weighted by atomic mass is 19.4. The minimum absolute atomic E-state index is 0.341. The number of hydrogen-bond acceptors (Lipinski definition) is 3. The van der Waals surface area contributed by atoms with Gasteiger partial charge in [-0.1, -0.05) is 0 Å². The van der Waals surface area contributed by atoms with Crippen LogP contribution in [-0.4, -0.2) is 27.3 Å². The van der Waals surface area contributed by atoms with E-state index in [2.05, 4.69) is 15.0 Å². The molecule has 0 aliphatic carbocycles. The summed E-state index contributed by atoms with van der Waals surface area (Å²) in [7, 11) is 0. The molecular formula is C6H2F7N3. The fourth-order valence-corrected chi connectivity index (χ4v) is 0.831. The lowest BCUT2D eigenvalue weighted by Crippen LogP contribution is -2.51. The van der Waals surface area contributed by atoms with E-state index in [9.17, 15) is 30.7 Å². The van der Waals surface area contributed by atoms with Crippen molar-refractivity contribution in [2.24, 2.45) is 0 Å². The molecule has 0 N–H and O–H groups in total. The van der Waals surface area contributed by atoms with Crippen LogP contribution in [0.4, 0.5) is 30.7 Å². The maximum Gasteiger partial charge on any atom is 0.439 e. The van der Waals surface area contributed by atoms with Crippen molar-refractivity contribution in [2.75, 3.05) is 0 Å². The molecule has 0 amide bonds. The van der Waals surface area contributed by atoms with E-state index < -0.39 is 23.8 Å². The standard InChI is InChI=1S/C6H2F7N3/c7-4(5(8,9)10,6(11,12)13)3-15-1-14-2-16-3/h1-2H. The second kappa shape index (κ2) is 3.52. The molecule has 1 aromatic heterocycles. The summed E-state index contributed by atoms with van der Waals surface area (Å²) in [6.45, 7) is 0. The van der Waals surface area contributed by atoms with E-state index in [1.807, 2.05) is 0 Å². The summed E-state index contributed by atoms with van der Waals surface area (Å²) in [5, 5.41) is 0. The molecule has 0 atom stereocenters. The van der Waals surface area contributed by atoms with Gasteiger partial charge in [0.25, 0.3) is 0 Å². The van der Waals surface area contributed by atoms with Crippen LogP contribution in [0.25, 0.3) is 0 Å². The van der Waals surface area contributed by atoms with Gasteiger partial charge in [-0.25, -0.2) is 19.3 Å². The molecule has 0 saturated heterocycles. The number of alkyl halides is 7. The molecule has 0 spiro atoms. The lowest BCUT2D eigenvalue weighted by atomic mass is 10.0. The van der Waals surface area contributed by atoms with E-state index >= 15 is 0 Å². The Hall–Kier alpha value is -1.48. The minimum atomic E-state index is -6.20. The summed E-state index contributed by atoms with van der Waals surface area (Å²) in [4.78, 5) is 8.09. The predicted octanol–water partition coefficient (Wildman–Crippen LogP) is 2.16. The summed E-state index contributed by atoms with van der Waals surface area (Å²) in [6.07, 6.45) is -11.7. The molecule has 10 heteroatoms. The van der Waals surface area contributed by atoms with Crippen molar-refractivity contribution in [3.05, 3.63) is 18.5 Å². The monoisotopic (exact) mass is 249 g/mol. The maximum atomic E-state index is 13.1. The van der Waals surface area contributed by atoms with Gasteiger partial charge < -0.3 is 0 Å². The summed E-state index contributed by atoms with van der Waals surface area (Å²) >= 11 is 0. The molecule has 0 fully saturated rings. The number of aromatic nitrogens is 3. The smallest absolute Gasteiger partial charge is 0.225 e. The first-order valence-corrected chi connectivity index (χ1v) is 3.55. The van der Waals surface area contributed by atoms with Crippen LogP contribution in [0.1, 0.15) is 5.82 Å². The third-order valence-electron chi connectivity index (χ3n) is 1.58. The summed E-state index contributed by atoms with van der Waals surface area (Å²) in [5.74, 6) is -2.04. The number of rotatable bonds is 1. The van der Waals surface area contributed by atoms with Gasteiger partial charge in [0.2, 0.25) is 0 Å². The van der Waals surface area contributed by atoms with E-state index in [4.69, 9.17) is 0 Å². The van der Waals surface area contributed by atoms with Gasteiger partial charge in [-0.05, 0) is 0 Å². The molecule has 1 rings (SSSR count). The van der Waals surface area contributed by atoms with Gasteiger partial charge in [-0.15, -0.1) is 0 Å². The molecule has 0 radical (unpaired) electrons. The Morgan fingerprint density at radius 1 is 0.750 bits per heavy atom. The van der Waals surface area contributed by atoms with Gasteiger partial charge in [0, 0.05) is 0 Å². The topological polar surface area (TPSA) is 38.7 Å². The molecule has 1 aromatic rings. The van der Waals surface area contributed by atoms with Gasteiger partial charge in [0.1, 0.15) is 12.7 Å². The maximum absolute atomic E-state index is 13.1. The molecule has 16 heavy (non-hydrogen) atoms. The van der Waals surface area contributed by atoms with Crippen LogP contribution in [0, 0.1) is 0 Å². The van der Waals surface area contributed by atoms with Crippen molar-refractivity contribution < 1.29 is 30.7 Å². The SMILES string of the molecule is FC(F)(F)C(F)(c1ncncn1)C(F)(F)F. The van der Waals surface area contributed by atoms with E-state index in [1.165, 1.54) is 0 Å². The summed E-state index contributed by atoms with van der Waals surface area (Å²) in [6, 6.07) is 0. The van der Waals surface area contributed by atoms with Crippen molar-refractivity contribution in [3.8, 4) is 0 Å². The van der Waals surface area contributed by atoms with Crippen LogP contribution >= 0.6 is 0 Å². The Bertz CT molecular complexity index is 343. The van der Waals surface area contributed by atoms with E-state index in [-0.39, 0.29) is 0 Å². The van der Waals surface area contributed by atoms with Gasteiger partial charge in [0.05, 0.1) is 0 Å². The average molecular weight is 249 g/mol. The lowest BCUT2D eigenvalue weighted by molar-refractivity contribution is -0.351. The fourth-order valence-electron chi connectivity index (χ4n) is 0.831. The minimum Gasteiger partial charge on any atom is -0.225 e. The second-order valence-electron chi connectivity index (χ2n) is 2.62. The first-order chi connectivity index (χ1) is 7.11. The molecule has 0 aliphatic heterocycles. The van der Waals surface area contributed by atoms with E-state index in [0.717, 1.165) is 0 Å². The Morgan fingerprint density at radius 3 is 1.44 bits per heavy atom. The van der Waals surface area contributed by atoms with Crippen LogP contribution in [-0.2, 0) is 5.67 Å². The predicted molar refractivity (Wildman–Crippen MR) is 34.7 cm³/mol. The highest BCUT2D eigenvalue weighted by Gasteiger charge is 2.75. The zero-order valence-electron chi connectivity index (χ0n) is 7.14. The molecule has 0 bridgehead atoms. The molecule has 0 unspecified atom stereocenters. The Balaban J connectivity index is 3.39. The quantitative estimate of drug-likeness (QED) is 0.716. The lowest BCUT2D eigenvalue weighted by Gasteiger charge is -2.27. The molecule has 0 aromatic carbocycles. The first kappa shape index (κ1) is 12.6. The van der Waals surface area contributed by atoms with Crippen LogP contribution in [0.15, 0.2) is 12.7 Å². The molecule has 0 saturated carbocycles. The molecule has 0 aliphatic rings. The molecule has 1 heterocycles. The van der Waals surface area contributed by atoms with Gasteiger partial charge in [-0.3, -0.25) is 0 Å². The molecule has 90 valence electrons. The first-order valence-electron chi connectivity index (χ1n) is 3.55. The van der Waals surface area contributed by atoms with Gasteiger partial charge >= 0.3 is 18.0 Å². The Kier molecular flexibility index (Phi) is 2.77. The zero-order valence-corrected chi connectivity index (χ0v) is 7.14. The van der Waals surface area contributed by atoms with E-state index in [0.29, 0.717) is 12.7 Å². The Labute approximate surface area is 83.3 Å². The largest absolute Gasteiger partial charge is 0.439 e. The average Bonchev–Trinajstić information content (AvgIpc) is 2.14. The van der Waals surface area contributed by atoms with Crippen LogP contribution in [0.5, 0.6) is 0 Å². The molecule has 3 nitrogen and oxygen atoms in total. The van der Waals surface area contributed by atoms with E-state index in [1.54, 1.807) is 0 Å². The van der Waals surface area contributed by atoms with Crippen molar-refractivity contribution in [1.29, 1.82) is 0 Å². The van der Waals surface area contributed by atoms with Crippen molar-refractivity contribution in [3.63, 3.8) is 0 Å². The highest BCUT2D eigenvalue weighted by molar-refractivity contribution is 5.09. The highest BCUT2D eigenvalue weighted by Crippen LogP contribution is 2.51. The fraction of sp³-hybridized carbons (Fsp3) is 0.500. The number of halogens is 7. The third-order valence-corrected chi connectivity index (χ3v) is 1.58. The van der Waals surface area contributed by atoms with Gasteiger partial charge in [0.15, 0.2) is 5.82 Å². The van der Waals surface area contributed by atoms with Crippen molar-refractivity contribution in [1.82, 2.24) is 15.0 Å². The molecular weight excluding hydrogens is 247 g/mol. The van der Waals surface area contributed by atoms with Crippen LogP contribution in [0.2, 0.25) is 0 Å². The summed E-state index contributed by atoms with van der Waals surface area (Å²) < 4.78 is 85.7. The zero-order chi connectivity index (χ0) is 12.6. The number of hydrogen-bond donors (Lipinski definition) is 0. The van der Waals surface area contributed by atoms with Crippen molar-refractivity contribution >= 4 is 0 Å². The summed E-state index contributed by atoms with van der Waals surface area (Å²) in [5.41, 5.74) is -5.59. The Morgan fingerprint density at radius 2 is 1.12 bits per heavy atom. The normalized spacial score (nSPS) is 13.9. The van der Waals surface area contributed by atoms with Crippen LogP contribution < -0.4 is 0 Å². The van der Waals surface area contributed by atoms with Gasteiger partial charge in [-0.2, -0.15) is 26.3 Å². The van der Waals surface area contributed by atoms with Crippen LogP contribution in [0.3, 0.4) is 0 Å².